The molecule has 22 heavy (non-hydrogen) atoms. The number of hydrogen-bond donors (Lipinski definition) is 1. The van der Waals surface area contributed by atoms with E-state index in [1.807, 2.05) is 20.9 Å². The topological polar surface area (TPSA) is 69.7 Å². The lowest BCUT2D eigenvalue weighted by molar-refractivity contribution is -0.122. The maximum Gasteiger partial charge on any atom is 0.234 e. The Kier molecular flexibility index (Phi) is 7.28. The molecule has 0 aliphatic heterocycles. The van der Waals surface area contributed by atoms with Gasteiger partial charge in [-0.2, -0.15) is 4.31 Å². The molecular weight excluding hydrogens is 302 g/mol. The van der Waals surface area contributed by atoms with Crippen molar-refractivity contribution in [1.29, 1.82) is 0 Å². The van der Waals surface area contributed by atoms with Crippen LogP contribution < -0.4 is 5.32 Å². The number of amides is 1. The van der Waals surface area contributed by atoms with Gasteiger partial charge in [-0.15, -0.1) is 0 Å². The molecule has 130 valence electrons. The van der Waals surface area contributed by atoms with Crippen LogP contribution in [0.1, 0.15) is 40.0 Å². The largest absolute Gasteiger partial charge is 0.355 e. The zero-order valence-electron chi connectivity index (χ0n) is 14.5. The molecule has 0 spiro atoms. The van der Waals surface area contributed by atoms with Crippen LogP contribution in [0.2, 0.25) is 0 Å². The first-order chi connectivity index (χ1) is 10.1. The van der Waals surface area contributed by atoms with Gasteiger partial charge in [0.05, 0.1) is 12.8 Å². The molecule has 1 amide bonds. The molecule has 1 atom stereocenters. The maximum absolute atomic E-state index is 11.9. The summed E-state index contributed by atoms with van der Waals surface area (Å²) >= 11 is 0. The predicted molar refractivity (Wildman–Crippen MR) is 89.1 cm³/mol. The van der Waals surface area contributed by atoms with Crippen molar-refractivity contribution < 1.29 is 13.2 Å². The van der Waals surface area contributed by atoms with Crippen molar-refractivity contribution in [2.45, 2.75) is 52.1 Å². The van der Waals surface area contributed by atoms with Crippen LogP contribution in [0.5, 0.6) is 0 Å². The summed E-state index contributed by atoms with van der Waals surface area (Å²) in [4.78, 5) is 14.0. The van der Waals surface area contributed by atoms with Crippen molar-refractivity contribution in [2.75, 3.05) is 32.9 Å². The van der Waals surface area contributed by atoms with Crippen LogP contribution in [0.15, 0.2) is 0 Å². The van der Waals surface area contributed by atoms with Gasteiger partial charge in [-0.3, -0.25) is 9.69 Å². The van der Waals surface area contributed by atoms with Gasteiger partial charge in [-0.05, 0) is 53.0 Å². The highest BCUT2D eigenvalue weighted by atomic mass is 32.2. The molecule has 0 saturated heterocycles. The SMILES string of the molecule is CC(C1CC1)N(C)CC(=O)NCCCN(C(C)C)S(C)(=O)=O. The number of nitrogens with one attached hydrogen (secondary N) is 1. The number of rotatable bonds is 10. The Balaban J connectivity index is 2.24. The first-order valence-electron chi connectivity index (χ1n) is 8.06. The molecule has 1 N–H and O–H groups in total. The Morgan fingerprint density at radius 3 is 2.32 bits per heavy atom. The molecule has 0 heterocycles. The summed E-state index contributed by atoms with van der Waals surface area (Å²) in [5.74, 6) is 0.748. The lowest BCUT2D eigenvalue weighted by Gasteiger charge is -2.25. The van der Waals surface area contributed by atoms with E-state index in [1.54, 1.807) is 0 Å². The van der Waals surface area contributed by atoms with Crippen LogP contribution in [0.3, 0.4) is 0 Å². The molecule has 1 fully saturated rings. The van der Waals surface area contributed by atoms with Gasteiger partial charge in [0, 0.05) is 25.2 Å². The Morgan fingerprint density at radius 1 is 1.27 bits per heavy atom. The average Bonchev–Trinajstić information content (AvgIpc) is 3.19. The molecule has 7 heteroatoms. The highest BCUT2D eigenvalue weighted by molar-refractivity contribution is 7.88. The van der Waals surface area contributed by atoms with Gasteiger partial charge in [0.25, 0.3) is 0 Å². The lowest BCUT2D eigenvalue weighted by atomic mass is 10.2. The van der Waals surface area contributed by atoms with Crippen molar-refractivity contribution in [2.24, 2.45) is 5.92 Å². The normalized spacial score (nSPS) is 17.3. The molecule has 0 aromatic heterocycles. The minimum atomic E-state index is -3.19. The number of carbonyl (C=O) groups excluding carboxylic acids is 1. The van der Waals surface area contributed by atoms with E-state index in [4.69, 9.17) is 0 Å². The average molecular weight is 333 g/mol. The number of nitrogens with zero attached hydrogens (tertiary/aromatic N) is 2. The standard InChI is InChI=1S/C15H31N3O3S/c1-12(2)18(22(5,20)21)10-6-9-16-15(19)11-17(4)13(3)14-7-8-14/h12-14H,6-11H2,1-5H3,(H,16,19). The highest BCUT2D eigenvalue weighted by Gasteiger charge is 2.30. The first kappa shape index (κ1) is 19.4. The molecule has 0 bridgehead atoms. The number of carbonyl (C=O) groups is 1. The minimum Gasteiger partial charge on any atom is -0.355 e. The molecule has 1 saturated carbocycles. The Morgan fingerprint density at radius 2 is 1.86 bits per heavy atom. The molecule has 6 nitrogen and oxygen atoms in total. The summed E-state index contributed by atoms with van der Waals surface area (Å²) in [5.41, 5.74) is 0. The first-order valence-corrected chi connectivity index (χ1v) is 9.91. The smallest absolute Gasteiger partial charge is 0.234 e. The fourth-order valence-electron chi connectivity index (χ4n) is 2.63. The van der Waals surface area contributed by atoms with Crippen molar-refractivity contribution in [3.8, 4) is 0 Å². The molecular formula is C15H31N3O3S. The van der Waals surface area contributed by atoms with Crippen molar-refractivity contribution in [3.05, 3.63) is 0 Å². The minimum absolute atomic E-state index is 0.00505. The molecule has 1 unspecified atom stereocenters. The fourth-order valence-corrected chi connectivity index (χ4v) is 3.86. The predicted octanol–water partition coefficient (Wildman–Crippen LogP) is 0.893. The fraction of sp³-hybridized carbons (Fsp3) is 0.933. The quantitative estimate of drug-likeness (QED) is 0.603. The van der Waals surface area contributed by atoms with Gasteiger partial charge in [-0.1, -0.05) is 0 Å². The monoisotopic (exact) mass is 333 g/mol. The number of hydrogen-bond acceptors (Lipinski definition) is 4. The van der Waals surface area contributed by atoms with Crippen LogP contribution in [0, 0.1) is 5.92 Å². The molecule has 0 aromatic carbocycles. The van der Waals surface area contributed by atoms with E-state index < -0.39 is 10.0 Å². The van der Waals surface area contributed by atoms with Gasteiger partial charge in [-0.25, -0.2) is 8.42 Å². The Labute approximate surface area is 135 Å². The van der Waals surface area contributed by atoms with E-state index in [9.17, 15) is 13.2 Å². The highest BCUT2D eigenvalue weighted by Crippen LogP contribution is 2.34. The lowest BCUT2D eigenvalue weighted by Crippen LogP contribution is -2.42. The second kappa shape index (κ2) is 8.26. The van der Waals surface area contributed by atoms with Crippen molar-refractivity contribution in [1.82, 2.24) is 14.5 Å². The molecule has 0 aromatic rings. The van der Waals surface area contributed by atoms with Gasteiger partial charge in [0.2, 0.25) is 15.9 Å². The third-order valence-corrected chi connectivity index (χ3v) is 5.73. The number of sulfonamides is 1. The second-order valence-corrected chi connectivity index (χ2v) is 8.60. The Hall–Kier alpha value is -0.660. The van der Waals surface area contributed by atoms with E-state index in [2.05, 4.69) is 17.1 Å². The number of likely N-dealkylation sites (N-methyl/N-ethyl adjacent to an activating group) is 1. The van der Waals surface area contributed by atoms with Crippen molar-refractivity contribution >= 4 is 15.9 Å². The summed E-state index contributed by atoms with van der Waals surface area (Å²) in [5, 5.41) is 2.87. The van der Waals surface area contributed by atoms with E-state index >= 15 is 0 Å². The van der Waals surface area contributed by atoms with E-state index in [-0.39, 0.29) is 11.9 Å². The van der Waals surface area contributed by atoms with Gasteiger partial charge in [0.15, 0.2) is 0 Å². The molecule has 1 aliphatic carbocycles. The van der Waals surface area contributed by atoms with Crippen LogP contribution in [0.4, 0.5) is 0 Å². The Bertz CT molecular complexity index is 461. The summed E-state index contributed by atoms with van der Waals surface area (Å²) in [6.45, 7) is 7.21. The van der Waals surface area contributed by atoms with Crippen molar-refractivity contribution in [3.63, 3.8) is 0 Å². The van der Waals surface area contributed by atoms with Crippen LogP contribution in [-0.4, -0.2) is 68.6 Å². The van der Waals surface area contributed by atoms with Crippen LogP contribution in [0.25, 0.3) is 0 Å². The van der Waals surface area contributed by atoms with Gasteiger partial charge >= 0.3 is 0 Å². The molecule has 1 aliphatic rings. The molecule has 1 rings (SSSR count). The van der Waals surface area contributed by atoms with E-state index in [0.29, 0.717) is 32.1 Å². The third-order valence-electron chi connectivity index (χ3n) is 4.27. The summed E-state index contributed by atoms with van der Waals surface area (Å²) in [6, 6.07) is 0.392. The zero-order valence-corrected chi connectivity index (χ0v) is 15.3. The zero-order chi connectivity index (χ0) is 16.9. The molecule has 0 radical (unpaired) electrons. The second-order valence-electron chi connectivity index (χ2n) is 6.66. The third kappa shape index (κ3) is 6.62. The van der Waals surface area contributed by atoms with E-state index in [1.165, 1.54) is 23.4 Å². The summed E-state index contributed by atoms with van der Waals surface area (Å²) < 4.78 is 24.7. The van der Waals surface area contributed by atoms with E-state index in [0.717, 1.165) is 5.92 Å². The summed E-state index contributed by atoms with van der Waals surface area (Å²) in [7, 11) is -1.21. The van der Waals surface area contributed by atoms with Crippen LogP contribution in [-0.2, 0) is 14.8 Å². The van der Waals surface area contributed by atoms with Gasteiger partial charge < -0.3 is 5.32 Å². The van der Waals surface area contributed by atoms with Crippen LogP contribution >= 0.6 is 0 Å². The maximum atomic E-state index is 11.9. The summed E-state index contributed by atoms with van der Waals surface area (Å²) in [6.07, 6.45) is 4.38. The van der Waals surface area contributed by atoms with Gasteiger partial charge in [0.1, 0.15) is 0 Å².